The number of aromatic nitrogens is 2. The van der Waals surface area contributed by atoms with Gasteiger partial charge in [0.1, 0.15) is 0 Å². The number of aliphatic imine (C=N–C) groups is 1. The summed E-state index contributed by atoms with van der Waals surface area (Å²) in [5.74, 6) is 2.10. The molecule has 0 spiro atoms. The number of alkyl carbamates (subject to hydrolysis) is 1. The van der Waals surface area contributed by atoms with Crippen LogP contribution in [0.5, 0.6) is 0 Å². The van der Waals surface area contributed by atoms with Crippen molar-refractivity contribution in [1.82, 2.24) is 25.5 Å². The van der Waals surface area contributed by atoms with Crippen LogP contribution in [0.25, 0.3) is 0 Å². The Balaban J connectivity index is 0.00000450. The van der Waals surface area contributed by atoms with Crippen molar-refractivity contribution in [2.45, 2.75) is 40.2 Å². The maximum atomic E-state index is 11.9. The smallest absolute Gasteiger partial charge is 0.407 e. The molecule has 0 radical (unpaired) electrons. The second-order valence-electron chi connectivity index (χ2n) is 7.41. The minimum atomic E-state index is -0.380. The van der Waals surface area contributed by atoms with Crippen molar-refractivity contribution in [1.29, 1.82) is 0 Å². The van der Waals surface area contributed by atoms with Gasteiger partial charge in [0.25, 0.3) is 0 Å². The Labute approximate surface area is 197 Å². The maximum absolute atomic E-state index is 11.9. The van der Waals surface area contributed by atoms with Gasteiger partial charge in [-0.25, -0.2) is 14.8 Å². The molecule has 1 unspecified atom stereocenters. The van der Waals surface area contributed by atoms with E-state index >= 15 is 0 Å². The van der Waals surface area contributed by atoms with Crippen LogP contribution in [0.15, 0.2) is 23.5 Å². The molecule has 10 heteroatoms. The minimum absolute atomic E-state index is 0. The zero-order valence-corrected chi connectivity index (χ0v) is 20.8. The molecule has 1 aromatic heterocycles. The van der Waals surface area contributed by atoms with E-state index in [1.54, 1.807) is 19.3 Å². The van der Waals surface area contributed by atoms with Gasteiger partial charge in [-0.15, -0.1) is 24.0 Å². The lowest BCUT2D eigenvalue weighted by molar-refractivity contribution is 0.147. The van der Waals surface area contributed by atoms with Crippen molar-refractivity contribution in [2.24, 2.45) is 10.9 Å². The number of nitrogens with one attached hydrogen (secondary N) is 2. The second-order valence-corrected chi connectivity index (χ2v) is 7.41. The highest BCUT2D eigenvalue weighted by atomic mass is 127. The molecule has 1 amide bonds. The first-order chi connectivity index (χ1) is 14.0. The standard InChI is InChI=1S/C20H35N7O2.HI/c1-5-21-18(24-15-17(14-16(3)4)25-20(28)29-6-2)26-10-12-27(13-11-26)19-22-8-7-9-23-19;/h7-9,16-17H,5-6,10-15H2,1-4H3,(H,21,24)(H,25,28);1H. The van der Waals surface area contributed by atoms with E-state index in [1.807, 2.05) is 6.07 Å². The average Bonchev–Trinajstić information content (AvgIpc) is 2.71. The number of ether oxygens (including phenoxy) is 1. The Kier molecular flexibility index (Phi) is 12.4. The number of anilines is 1. The van der Waals surface area contributed by atoms with E-state index in [1.165, 1.54) is 0 Å². The molecule has 1 saturated heterocycles. The van der Waals surface area contributed by atoms with Crippen LogP contribution in [-0.2, 0) is 4.74 Å². The summed E-state index contributed by atoms with van der Waals surface area (Å²) in [5, 5.41) is 6.32. The van der Waals surface area contributed by atoms with Crippen LogP contribution in [0.3, 0.4) is 0 Å². The number of hydrogen-bond donors (Lipinski definition) is 2. The molecule has 1 atom stereocenters. The highest BCUT2D eigenvalue weighted by Gasteiger charge is 2.22. The van der Waals surface area contributed by atoms with E-state index in [0.717, 1.165) is 51.1 Å². The summed E-state index contributed by atoms with van der Waals surface area (Å²) in [6, 6.07) is 1.77. The highest BCUT2D eigenvalue weighted by molar-refractivity contribution is 14.0. The van der Waals surface area contributed by atoms with Gasteiger partial charge in [-0.3, -0.25) is 4.99 Å². The Morgan fingerprint density at radius 2 is 1.87 bits per heavy atom. The molecule has 30 heavy (non-hydrogen) atoms. The van der Waals surface area contributed by atoms with E-state index in [9.17, 15) is 4.79 Å². The lowest BCUT2D eigenvalue weighted by Gasteiger charge is -2.36. The zero-order valence-electron chi connectivity index (χ0n) is 18.5. The number of carbonyl (C=O) groups excluding carboxylic acids is 1. The molecule has 0 aliphatic carbocycles. The average molecular weight is 533 g/mol. The molecule has 1 fully saturated rings. The number of carbonyl (C=O) groups is 1. The van der Waals surface area contributed by atoms with Crippen LogP contribution >= 0.6 is 24.0 Å². The predicted molar refractivity (Wildman–Crippen MR) is 131 cm³/mol. The number of halogens is 1. The molecule has 1 aliphatic rings. The van der Waals surface area contributed by atoms with Crippen LogP contribution in [0.4, 0.5) is 10.7 Å². The van der Waals surface area contributed by atoms with Gasteiger partial charge < -0.3 is 25.2 Å². The van der Waals surface area contributed by atoms with Crippen molar-refractivity contribution in [3.63, 3.8) is 0 Å². The van der Waals surface area contributed by atoms with Gasteiger partial charge in [0.15, 0.2) is 5.96 Å². The third-order valence-corrected chi connectivity index (χ3v) is 4.56. The van der Waals surface area contributed by atoms with Gasteiger partial charge in [0, 0.05) is 45.1 Å². The van der Waals surface area contributed by atoms with E-state index in [4.69, 9.17) is 9.73 Å². The lowest BCUT2D eigenvalue weighted by Crippen LogP contribution is -2.53. The van der Waals surface area contributed by atoms with Crippen LogP contribution in [-0.4, -0.2) is 78.8 Å². The first kappa shape index (κ1) is 26.2. The summed E-state index contributed by atoms with van der Waals surface area (Å²) >= 11 is 0. The van der Waals surface area contributed by atoms with Crippen LogP contribution in [0.1, 0.15) is 34.1 Å². The number of piperazine rings is 1. The SMILES string of the molecule is CCNC(=NCC(CC(C)C)NC(=O)OCC)N1CCN(c2ncccn2)CC1.I. The summed E-state index contributed by atoms with van der Waals surface area (Å²) in [6.45, 7) is 13.2. The fourth-order valence-electron chi connectivity index (χ4n) is 3.28. The van der Waals surface area contributed by atoms with E-state index < -0.39 is 0 Å². The van der Waals surface area contributed by atoms with Gasteiger partial charge >= 0.3 is 6.09 Å². The monoisotopic (exact) mass is 533 g/mol. The Morgan fingerprint density at radius 3 is 2.43 bits per heavy atom. The van der Waals surface area contributed by atoms with Crippen LogP contribution in [0.2, 0.25) is 0 Å². The molecular weight excluding hydrogens is 497 g/mol. The van der Waals surface area contributed by atoms with E-state index in [2.05, 4.69) is 51.2 Å². The molecule has 0 saturated carbocycles. The van der Waals surface area contributed by atoms with E-state index in [-0.39, 0.29) is 36.1 Å². The second kappa shape index (κ2) is 14.2. The number of hydrogen-bond acceptors (Lipinski definition) is 6. The van der Waals surface area contributed by atoms with Crippen molar-refractivity contribution in [3.8, 4) is 0 Å². The molecule has 170 valence electrons. The van der Waals surface area contributed by atoms with E-state index in [0.29, 0.717) is 19.1 Å². The maximum Gasteiger partial charge on any atom is 0.407 e. The predicted octanol–water partition coefficient (Wildman–Crippen LogP) is 2.34. The summed E-state index contributed by atoms with van der Waals surface area (Å²) in [5.41, 5.74) is 0. The number of nitrogens with zero attached hydrogens (tertiary/aromatic N) is 5. The molecular formula is C20H36IN7O2. The number of guanidine groups is 1. The van der Waals surface area contributed by atoms with Crippen LogP contribution < -0.4 is 15.5 Å². The summed E-state index contributed by atoms with van der Waals surface area (Å²) < 4.78 is 5.04. The molecule has 0 aromatic carbocycles. The van der Waals surface area contributed by atoms with Gasteiger partial charge in [-0.1, -0.05) is 13.8 Å². The Hall–Kier alpha value is -1.85. The van der Waals surface area contributed by atoms with Crippen molar-refractivity contribution in [2.75, 3.05) is 50.8 Å². The van der Waals surface area contributed by atoms with Crippen LogP contribution in [0, 0.1) is 5.92 Å². The Bertz CT molecular complexity index is 637. The molecule has 1 aromatic rings. The quantitative estimate of drug-likeness (QED) is 0.301. The van der Waals surface area contributed by atoms with Crippen molar-refractivity contribution >= 4 is 42.0 Å². The fourth-order valence-corrected chi connectivity index (χ4v) is 3.28. The lowest BCUT2D eigenvalue weighted by atomic mass is 10.0. The molecule has 1 aliphatic heterocycles. The third kappa shape index (κ3) is 8.88. The Morgan fingerprint density at radius 1 is 1.20 bits per heavy atom. The largest absolute Gasteiger partial charge is 0.450 e. The minimum Gasteiger partial charge on any atom is -0.450 e. The fraction of sp³-hybridized carbons (Fsp3) is 0.700. The summed E-state index contributed by atoms with van der Waals surface area (Å²) in [6.07, 6.45) is 4.01. The van der Waals surface area contributed by atoms with Gasteiger partial charge in [-0.2, -0.15) is 0 Å². The first-order valence-electron chi connectivity index (χ1n) is 10.5. The summed E-state index contributed by atoms with van der Waals surface area (Å²) in [4.78, 5) is 29.8. The van der Waals surface area contributed by atoms with Gasteiger partial charge in [-0.05, 0) is 32.3 Å². The number of amides is 1. The third-order valence-electron chi connectivity index (χ3n) is 4.56. The van der Waals surface area contributed by atoms with Gasteiger partial charge in [0.05, 0.1) is 19.2 Å². The molecule has 2 heterocycles. The summed E-state index contributed by atoms with van der Waals surface area (Å²) in [7, 11) is 0. The number of rotatable bonds is 8. The topological polar surface area (TPSA) is 95.0 Å². The molecule has 2 N–H and O–H groups in total. The normalized spacial score (nSPS) is 15.4. The van der Waals surface area contributed by atoms with Crippen molar-refractivity contribution < 1.29 is 9.53 Å². The van der Waals surface area contributed by atoms with Gasteiger partial charge in [0.2, 0.25) is 5.95 Å². The molecule has 0 bridgehead atoms. The highest BCUT2D eigenvalue weighted by Crippen LogP contribution is 2.10. The zero-order chi connectivity index (χ0) is 21.1. The first-order valence-corrected chi connectivity index (χ1v) is 10.5. The van der Waals surface area contributed by atoms with Crippen molar-refractivity contribution in [3.05, 3.63) is 18.5 Å². The molecule has 2 rings (SSSR count). The molecule has 9 nitrogen and oxygen atoms in total.